The third-order valence-electron chi connectivity index (χ3n) is 6.57. The van der Waals surface area contributed by atoms with Gasteiger partial charge in [0.15, 0.2) is 0 Å². The van der Waals surface area contributed by atoms with E-state index in [0.29, 0.717) is 0 Å². The average Bonchev–Trinajstić information content (AvgIpc) is 3.57. The van der Waals surface area contributed by atoms with E-state index < -0.39 is 0 Å². The van der Waals surface area contributed by atoms with Gasteiger partial charge in [-0.1, -0.05) is 93.8 Å². The number of hydrogen-bond donors (Lipinski definition) is 0. The summed E-state index contributed by atoms with van der Waals surface area (Å²) < 4.78 is 0. The summed E-state index contributed by atoms with van der Waals surface area (Å²) in [6.45, 7) is 10.9. The van der Waals surface area contributed by atoms with Gasteiger partial charge < -0.3 is 0 Å². The van der Waals surface area contributed by atoms with Crippen LogP contribution in [0.4, 0.5) is 0 Å². The third kappa shape index (κ3) is 9.38. The van der Waals surface area contributed by atoms with E-state index in [1.54, 1.807) is 0 Å². The fourth-order valence-corrected chi connectivity index (χ4v) is 4.18. The van der Waals surface area contributed by atoms with Crippen LogP contribution in [-0.2, 0) is 39.0 Å². The Kier molecular flexibility index (Phi) is 11.9. The predicted molar refractivity (Wildman–Crippen MR) is 146 cm³/mol. The van der Waals surface area contributed by atoms with Crippen molar-refractivity contribution >= 4 is 0 Å². The van der Waals surface area contributed by atoms with E-state index in [4.69, 9.17) is 0 Å². The van der Waals surface area contributed by atoms with Gasteiger partial charge in [-0.15, -0.1) is 19.8 Å². The summed E-state index contributed by atoms with van der Waals surface area (Å²) in [5, 5.41) is 0. The molecule has 0 aliphatic heterocycles. The SMILES string of the molecule is CC1=[C-]C(C)(C)C(C)=C1C.[C-]1=C(Cc2ccccc2)C=CC1.[C-]1=C(Cc2ccccc2)C=CC1.[Zr+3]. The number of hydrogen-bond acceptors (Lipinski definition) is 0. The van der Waals surface area contributed by atoms with Crippen LogP contribution < -0.4 is 0 Å². The van der Waals surface area contributed by atoms with Crippen molar-refractivity contribution in [1.82, 2.24) is 0 Å². The molecule has 1 heteroatoms. The van der Waals surface area contributed by atoms with Crippen LogP contribution in [0.25, 0.3) is 0 Å². The first-order chi connectivity index (χ1) is 16.3. The Hall–Kier alpha value is -2.24. The van der Waals surface area contributed by atoms with Crippen LogP contribution in [-0.4, -0.2) is 0 Å². The molecule has 0 bridgehead atoms. The second kappa shape index (κ2) is 14.4. The monoisotopic (exact) mass is 535 g/mol. The van der Waals surface area contributed by atoms with E-state index in [0.717, 1.165) is 25.7 Å². The Balaban J connectivity index is 0.000000184. The van der Waals surface area contributed by atoms with Crippen molar-refractivity contribution in [1.29, 1.82) is 0 Å². The molecule has 2 aromatic rings. The summed E-state index contributed by atoms with van der Waals surface area (Å²) in [7, 11) is 0. The minimum atomic E-state index is 0. The van der Waals surface area contributed by atoms with Crippen molar-refractivity contribution in [2.45, 2.75) is 60.3 Å². The third-order valence-corrected chi connectivity index (χ3v) is 6.57. The van der Waals surface area contributed by atoms with Gasteiger partial charge in [-0.05, 0) is 24.0 Å². The number of benzene rings is 2. The van der Waals surface area contributed by atoms with E-state index in [-0.39, 0.29) is 31.6 Å². The predicted octanol–water partition coefficient (Wildman–Crippen LogP) is 8.95. The van der Waals surface area contributed by atoms with Crippen molar-refractivity contribution in [3.05, 3.63) is 142 Å². The first kappa shape index (κ1) is 29.0. The molecule has 0 nitrogen and oxygen atoms in total. The van der Waals surface area contributed by atoms with Gasteiger partial charge >= 0.3 is 26.2 Å². The summed E-state index contributed by atoms with van der Waals surface area (Å²) in [6, 6.07) is 21.0. The molecule has 0 saturated heterocycles. The standard InChI is InChI=1S/2C12H11.C10H15.Zr/c2*1-2-6-11(7-3-1)10-12-8-4-5-9-12;1-7-6-10(4,5)9(3)8(7)2;/h2*1-4,6-8H,5,10H2;1-5H3;/q3*-1;+3. The fraction of sp³-hybridized carbons (Fsp3) is 0.294. The zero-order chi connectivity index (χ0) is 24.4. The van der Waals surface area contributed by atoms with Gasteiger partial charge in [0.05, 0.1) is 0 Å². The van der Waals surface area contributed by atoms with Crippen molar-refractivity contribution in [3.8, 4) is 0 Å². The van der Waals surface area contributed by atoms with Gasteiger partial charge in [0.1, 0.15) is 0 Å². The number of allylic oxidation sites excluding steroid dienone is 12. The van der Waals surface area contributed by atoms with Crippen LogP contribution >= 0.6 is 0 Å². The van der Waals surface area contributed by atoms with E-state index in [1.165, 1.54) is 39.0 Å². The zero-order valence-corrected chi connectivity index (χ0v) is 24.4. The Morgan fingerprint density at radius 3 is 1.37 bits per heavy atom. The summed E-state index contributed by atoms with van der Waals surface area (Å²) in [5.74, 6) is 0. The van der Waals surface area contributed by atoms with Crippen LogP contribution in [0.2, 0.25) is 0 Å². The smallest absolute Gasteiger partial charge is 0.269 e. The quantitative estimate of drug-likeness (QED) is 0.342. The minimum Gasteiger partial charge on any atom is -0.269 e. The van der Waals surface area contributed by atoms with Crippen LogP contribution in [0.3, 0.4) is 0 Å². The van der Waals surface area contributed by atoms with E-state index >= 15 is 0 Å². The van der Waals surface area contributed by atoms with Gasteiger partial charge in [0, 0.05) is 0 Å². The molecule has 0 fully saturated rings. The summed E-state index contributed by atoms with van der Waals surface area (Å²) >= 11 is 0. The topological polar surface area (TPSA) is 0 Å². The maximum Gasteiger partial charge on any atom is 3.00 e. The molecule has 0 heterocycles. The van der Waals surface area contributed by atoms with Crippen LogP contribution in [0, 0.1) is 23.6 Å². The second-order valence-electron chi connectivity index (χ2n) is 9.57. The van der Waals surface area contributed by atoms with E-state index in [9.17, 15) is 0 Å². The minimum absolute atomic E-state index is 0. The molecular weight excluding hydrogens is 500 g/mol. The van der Waals surface area contributed by atoms with Gasteiger partial charge in [-0.25, -0.2) is 28.9 Å². The molecule has 0 saturated carbocycles. The molecular formula is C34H37Zr. The Morgan fingerprint density at radius 2 is 1.11 bits per heavy atom. The van der Waals surface area contributed by atoms with Crippen molar-refractivity contribution in [2.75, 3.05) is 0 Å². The summed E-state index contributed by atoms with van der Waals surface area (Å²) in [4.78, 5) is 0. The van der Waals surface area contributed by atoms with Gasteiger partial charge in [-0.2, -0.15) is 23.3 Å². The Bertz CT molecular complexity index is 1050. The first-order valence-electron chi connectivity index (χ1n) is 12.3. The Labute approximate surface area is 233 Å². The average molecular weight is 537 g/mol. The molecule has 2 aromatic carbocycles. The normalized spacial score (nSPS) is 16.9. The molecule has 0 amide bonds. The molecule has 177 valence electrons. The molecule has 0 unspecified atom stereocenters. The largest absolute Gasteiger partial charge is 3.00 e. The molecule has 3 aliphatic rings. The summed E-state index contributed by atoms with van der Waals surface area (Å²) in [6.07, 6.45) is 22.7. The van der Waals surface area contributed by atoms with Crippen molar-refractivity contribution in [3.63, 3.8) is 0 Å². The van der Waals surface area contributed by atoms with Gasteiger partial charge in [-0.3, -0.25) is 18.2 Å². The van der Waals surface area contributed by atoms with E-state index in [2.05, 4.69) is 126 Å². The van der Waals surface area contributed by atoms with Gasteiger partial charge in [0.2, 0.25) is 0 Å². The molecule has 1 radical (unpaired) electrons. The van der Waals surface area contributed by atoms with Crippen LogP contribution in [0.5, 0.6) is 0 Å². The number of rotatable bonds is 4. The van der Waals surface area contributed by atoms with Crippen LogP contribution in [0.15, 0.2) is 113 Å². The maximum atomic E-state index is 3.44. The van der Waals surface area contributed by atoms with Gasteiger partial charge in [0.25, 0.3) is 0 Å². The van der Waals surface area contributed by atoms with Crippen molar-refractivity contribution in [2.24, 2.45) is 5.41 Å². The van der Waals surface area contributed by atoms with Crippen LogP contribution in [0.1, 0.15) is 58.6 Å². The molecule has 0 aromatic heterocycles. The van der Waals surface area contributed by atoms with E-state index in [1.807, 2.05) is 12.1 Å². The Morgan fingerprint density at radius 1 is 0.686 bits per heavy atom. The molecule has 5 rings (SSSR count). The molecule has 0 N–H and O–H groups in total. The molecule has 0 atom stereocenters. The zero-order valence-electron chi connectivity index (χ0n) is 21.9. The summed E-state index contributed by atoms with van der Waals surface area (Å²) in [5.41, 5.74) is 9.77. The van der Waals surface area contributed by atoms with Crippen molar-refractivity contribution < 1.29 is 26.2 Å². The first-order valence-corrected chi connectivity index (χ1v) is 12.3. The maximum absolute atomic E-state index is 3.44. The molecule has 35 heavy (non-hydrogen) atoms. The molecule has 3 aliphatic carbocycles. The second-order valence-corrected chi connectivity index (χ2v) is 9.57. The fourth-order valence-electron chi connectivity index (χ4n) is 4.18. The molecule has 0 spiro atoms.